The van der Waals surface area contributed by atoms with E-state index in [1.807, 2.05) is 54.6 Å². The van der Waals surface area contributed by atoms with Crippen molar-refractivity contribution in [1.29, 1.82) is 0 Å². The minimum Gasteiger partial charge on any atom is -0.480 e. The molecule has 1 unspecified atom stereocenters. The Morgan fingerprint density at radius 1 is 1.12 bits per heavy atom. The molecule has 0 aliphatic carbocycles. The van der Waals surface area contributed by atoms with E-state index in [0.29, 0.717) is 18.0 Å². The molecule has 6 nitrogen and oxygen atoms in total. The van der Waals surface area contributed by atoms with Gasteiger partial charge in [-0.25, -0.2) is 0 Å². The molecule has 3 N–H and O–H groups in total. The Labute approximate surface area is 145 Å². The van der Waals surface area contributed by atoms with Crippen LogP contribution in [0, 0.1) is 5.41 Å². The normalized spacial score (nSPS) is 19.4. The number of rotatable bonds is 6. The van der Waals surface area contributed by atoms with Crippen LogP contribution < -0.4 is 15.4 Å². The van der Waals surface area contributed by atoms with E-state index in [1.165, 1.54) is 0 Å². The summed E-state index contributed by atoms with van der Waals surface area (Å²) in [5.74, 6) is -0.241. The molecule has 1 saturated heterocycles. The second kappa shape index (κ2) is 7.36. The Bertz CT molecular complexity index is 755. The number of nitrogens with one attached hydrogen (secondary N) is 2. The van der Waals surface area contributed by atoms with E-state index in [2.05, 4.69) is 10.6 Å². The van der Waals surface area contributed by atoms with Gasteiger partial charge in [-0.05, 0) is 31.2 Å². The molecule has 25 heavy (non-hydrogen) atoms. The third-order valence-corrected chi connectivity index (χ3v) is 4.38. The summed E-state index contributed by atoms with van der Waals surface area (Å²) in [4.78, 5) is 24.0. The molecular weight excluding hydrogens is 320 g/mol. The van der Waals surface area contributed by atoms with Crippen molar-refractivity contribution in [2.24, 2.45) is 5.41 Å². The van der Waals surface area contributed by atoms with Crippen molar-refractivity contribution in [2.75, 3.05) is 13.1 Å². The van der Waals surface area contributed by atoms with Crippen LogP contribution in [0.25, 0.3) is 0 Å². The molecule has 1 amide bonds. The lowest BCUT2D eigenvalue weighted by atomic mass is 9.86. The summed E-state index contributed by atoms with van der Waals surface area (Å²) in [7, 11) is 0. The smallest absolute Gasteiger partial charge is 0.320 e. The third kappa shape index (κ3) is 3.64. The highest BCUT2D eigenvalue weighted by Gasteiger charge is 2.48. The van der Waals surface area contributed by atoms with Crippen LogP contribution in [0.4, 0.5) is 0 Å². The van der Waals surface area contributed by atoms with Crippen molar-refractivity contribution in [1.82, 2.24) is 10.6 Å². The minimum absolute atomic E-state index is 0.149. The van der Waals surface area contributed by atoms with Gasteiger partial charge in [-0.2, -0.15) is 0 Å². The lowest BCUT2D eigenvalue weighted by Gasteiger charge is -2.22. The fraction of sp³-hybridized carbons (Fsp3) is 0.263. The molecule has 1 aliphatic rings. The lowest BCUT2D eigenvalue weighted by Crippen LogP contribution is -2.47. The topological polar surface area (TPSA) is 87.7 Å². The molecule has 0 saturated carbocycles. The van der Waals surface area contributed by atoms with E-state index < -0.39 is 17.3 Å². The number of hydrogen-bond donors (Lipinski definition) is 3. The summed E-state index contributed by atoms with van der Waals surface area (Å²) < 4.78 is 5.86. The molecule has 1 heterocycles. The van der Waals surface area contributed by atoms with Gasteiger partial charge in [-0.15, -0.1) is 0 Å². The van der Waals surface area contributed by atoms with Crippen LogP contribution >= 0.6 is 0 Å². The Hall–Kier alpha value is -2.86. The van der Waals surface area contributed by atoms with Crippen molar-refractivity contribution in [3.63, 3.8) is 0 Å². The Morgan fingerprint density at radius 3 is 2.52 bits per heavy atom. The zero-order chi connectivity index (χ0) is 17.7. The van der Waals surface area contributed by atoms with Crippen molar-refractivity contribution in [3.8, 4) is 11.5 Å². The summed E-state index contributed by atoms with van der Waals surface area (Å²) in [5.41, 5.74) is -0.610. The van der Waals surface area contributed by atoms with Gasteiger partial charge in [-0.1, -0.05) is 36.4 Å². The summed E-state index contributed by atoms with van der Waals surface area (Å²) in [6.07, 6.45) is 0.288. The van der Waals surface area contributed by atoms with Gasteiger partial charge in [0.1, 0.15) is 11.5 Å². The first-order chi connectivity index (χ1) is 12.1. The fourth-order valence-corrected chi connectivity index (χ4v) is 2.88. The molecular formula is C19H20N2O4. The van der Waals surface area contributed by atoms with Crippen LogP contribution in [-0.4, -0.2) is 30.1 Å². The fourth-order valence-electron chi connectivity index (χ4n) is 2.88. The van der Waals surface area contributed by atoms with Gasteiger partial charge in [0, 0.05) is 18.7 Å². The molecule has 1 aliphatic heterocycles. The summed E-state index contributed by atoms with van der Waals surface area (Å²) in [6, 6.07) is 16.7. The van der Waals surface area contributed by atoms with Gasteiger partial charge >= 0.3 is 5.97 Å². The van der Waals surface area contributed by atoms with Crippen molar-refractivity contribution < 1.29 is 19.4 Å². The highest BCUT2D eigenvalue weighted by molar-refractivity contribution is 6.02. The second-order valence-electron chi connectivity index (χ2n) is 6.02. The maximum Gasteiger partial charge on any atom is 0.320 e. The number of ether oxygens (including phenoxy) is 1. The van der Waals surface area contributed by atoms with Gasteiger partial charge in [0.15, 0.2) is 5.41 Å². The molecule has 1 fully saturated rings. The predicted molar refractivity (Wildman–Crippen MR) is 92.4 cm³/mol. The number of aliphatic carboxylic acids is 1. The molecule has 2 aromatic rings. The highest BCUT2D eigenvalue weighted by Crippen LogP contribution is 2.28. The molecule has 1 atom stereocenters. The SMILES string of the molecule is O=C(O)C1(C(=O)NCc2ccccc2Oc2ccccc2)CCNC1. The van der Waals surface area contributed by atoms with Gasteiger partial charge in [0.05, 0.1) is 0 Å². The molecule has 0 spiro atoms. The average molecular weight is 340 g/mol. The van der Waals surface area contributed by atoms with E-state index in [9.17, 15) is 14.7 Å². The van der Waals surface area contributed by atoms with Crippen LogP contribution in [0.2, 0.25) is 0 Å². The molecule has 2 aromatic carbocycles. The largest absolute Gasteiger partial charge is 0.480 e. The highest BCUT2D eigenvalue weighted by atomic mass is 16.5. The van der Waals surface area contributed by atoms with Crippen molar-refractivity contribution >= 4 is 11.9 Å². The molecule has 3 rings (SSSR count). The van der Waals surface area contributed by atoms with Crippen LogP contribution in [-0.2, 0) is 16.1 Å². The molecule has 0 radical (unpaired) electrons. The Kier molecular flexibility index (Phi) is 5.00. The standard InChI is InChI=1S/C19H20N2O4/c22-17(19(18(23)24)10-11-20-13-19)21-12-14-6-4-5-9-16(14)25-15-7-2-1-3-8-15/h1-9,20H,10-13H2,(H,21,22)(H,23,24). The predicted octanol–water partition coefficient (Wildman–Crippen LogP) is 2.16. The van der Waals surface area contributed by atoms with E-state index in [0.717, 1.165) is 5.56 Å². The summed E-state index contributed by atoms with van der Waals surface area (Å²) in [6.45, 7) is 0.876. The van der Waals surface area contributed by atoms with Crippen LogP contribution in [0.1, 0.15) is 12.0 Å². The van der Waals surface area contributed by atoms with Crippen LogP contribution in [0.5, 0.6) is 11.5 Å². The lowest BCUT2D eigenvalue weighted by molar-refractivity contribution is -0.154. The van der Waals surface area contributed by atoms with E-state index in [-0.39, 0.29) is 19.5 Å². The van der Waals surface area contributed by atoms with Crippen LogP contribution in [0.3, 0.4) is 0 Å². The second-order valence-corrected chi connectivity index (χ2v) is 6.02. The molecule has 130 valence electrons. The Morgan fingerprint density at radius 2 is 1.84 bits per heavy atom. The number of carboxylic acids is 1. The van der Waals surface area contributed by atoms with Gasteiger partial charge in [-0.3, -0.25) is 9.59 Å². The maximum absolute atomic E-state index is 12.5. The molecule has 6 heteroatoms. The number of hydrogen-bond acceptors (Lipinski definition) is 4. The van der Waals surface area contributed by atoms with E-state index in [1.54, 1.807) is 0 Å². The summed E-state index contributed by atoms with van der Waals surface area (Å²) in [5, 5.41) is 15.2. The zero-order valence-electron chi connectivity index (χ0n) is 13.7. The molecule has 0 bridgehead atoms. The number of carbonyl (C=O) groups excluding carboxylic acids is 1. The summed E-state index contributed by atoms with van der Waals surface area (Å²) >= 11 is 0. The van der Waals surface area contributed by atoms with Gasteiger partial charge < -0.3 is 20.5 Å². The average Bonchev–Trinajstić information content (AvgIpc) is 3.13. The number of carbonyl (C=O) groups is 2. The van der Waals surface area contributed by atoms with Crippen molar-refractivity contribution in [3.05, 3.63) is 60.2 Å². The monoisotopic (exact) mass is 340 g/mol. The number of benzene rings is 2. The third-order valence-electron chi connectivity index (χ3n) is 4.38. The minimum atomic E-state index is -1.39. The van der Waals surface area contributed by atoms with Crippen molar-refractivity contribution in [2.45, 2.75) is 13.0 Å². The quantitative estimate of drug-likeness (QED) is 0.702. The zero-order valence-corrected chi connectivity index (χ0v) is 13.7. The Balaban J connectivity index is 1.71. The molecule has 0 aromatic heterocycles. The number of para-hydroxylation sites is 2. The first-order valence-corrected chi connectivity index (χ1v) is 8.15. The van der Waals surface area contributed by atoms with Gasteiger partial charge in [0.25, 0.3) is 0 Å². The first-order valence-electron chi connectivity index (χ1n) is 8.15. The first kappa shape index (κ1) is 17.0. The maximum atomic E-state index is 12.5. The number of carboxylic acid groups (broad SMARTS) is 1. The van der Waals surface area contributed by atoms with E-state index in [4.69, 9.17) is 4.74 Å². The van der Waals surface area contributed by atoms with Crippen LogP contribution in [0.15, 0.2) is 54.6 Å². The van der Waals surface area contributed by atoms with Gasteiger partial charge in [0.2, 0.25) is 5.91 Å². The number of amides is 1. The van der Waals surface area contributed by atoms with E-state index >= 15 is 0 Å².